The fourth-order valence-corrected chi connectivity index (χ4v) is 10.2. The molecule has 0 spiro atoms. The Bertz CT molecular complexity index is 1060. The van der Waals surface area contributed by atoms with Crippen molar-refractivity contribution in [3.05, 3.63) is 60.7 Å². The third-order valence-electron chi connectivity index (χ3n) is 8.16. The number of hydrogen-bond donors (Lipinski definition) is 2. The fourth-order valence-electron chi connectivity index (χ4n) is 5.67. The first-order valence-electron chi connectivity index (χ1n) is 15.9. The van der Waals surface area contributed by atoms with Gasteiger partial charge in [0.2, 0.25) is 0 Å². The predicted molar refractivity (Wildman–Crippen MR) is 173 cm³/mol. The van der Waals surface area contributed by atoms with Gasteiger partial charge in [0.05, 0.1) is 12.0 Å². The summed E-state index contributed by atoms with van der Waals surface area (Å²) in [5.41, 5.74) is -0.806. The normalized spacial score (nSPS) is 23.2. The second kappa shape index (κ2) is 15.8. The zero-order valence-corrected chi connectivity index (χ0v) is 28.3. The van der Waals surface area contributed by atoms with E-state index < -0.39 is 50.4 Å². The van der Waals surface area contributed by atoms with Crippen molar-refractivity contribution in [2.45, 2.75) is 123 Å². The zero-order chi connectivity index (χ0) is 31.7. The van der Waals surface area contributed by atoms with Gasteiger partial charge < -0.3 is 28.8 Å². The van der Waals surface area contributed by atoms with E-state index >= 15 is 0 Å². The van der Waals surface area contributed by atoms with E-state index in [0.717, 1.165) is 29.6 Å². The second-order valence-corrected chi connectivity index (χ2v) is 18.1. The van der Waals surface area contributed by atoms with Crippen LogP contribution in [0.1, 0.15) is 87.0 Å². The Morgan fingerprint density at radius 3 is 1.86 bits per heavy atom. The van der Waals surface area contributed by atoms with Crippen molar-refractivity contribution in [1.82, 2.24) is 0 Å². The molecule has 1 heterocycles. The number of esters is 1. The number of aliphatic hydroxyl groups is 2. The minimum Gasteiger partial charge on any atom is -0.456 e. The van der Waals surface area contributed by atoms with E-state index in [9.17, 15) is 15.0 Å². The number of benzene rings is 2. The minimum absolute atomic E-state index is 0.0377. The van der Waals surface area contributed by atoms with Crippen molar-refractivity contribution >= 4 is 24.7 Å². The van der Waals surface area contributed by atoms with E-state index in [1.54, 1.807) is 20.8 Å². The van der Waals surface area contributed by atoms with E-state index in [-0.39, 0.29) is 11.6 Å². The maximum atomic E-state index is 13.0. The van der Waals surface area contributed by atoms with E-state index in [1.807, 2.05) is 36.4 Å². The standard InChI is InChI=1S/C35H54O7Si/c1-8-9-10-11-12-19-24-39-32-30(37)29(36)31(42-33(38)34(2,3)4)28(41-32)25-40-43(35(5,6)7,26-20-15-13-16-21-26)27-22-17-14-18-23-27/h13-18,20-23,28-32,36-37H,8-12,19,24-25H2,1-7H3/t28-,29-,30-,31-,32-/m1/s1. The molecule has 43 heavy (non-hydrogen) atoms. The lowest BCUT2D eigenvalue weighted by Gasteiger charge is -2.46. The molecule has 0 aromatic heterocycles. The number of carbonyl (C=O) groups excluding carboxylic acids is 1. The van der Waals surface area contributed by atoms with Crippen molar-refractivity contribution in [3.63, 3.8) is 0 Å². The number of aliphatic hydroxyl groups excluding tert-OH is 2. The van der Waals surface area contributed by atoms with Crippen molar-refractivity contribution in [1.29, 1.82) is 0 Å². The van der Waals surface area contributed by atoms with Gasteiger partial charge in [0.1, 0.15) is 18.3 Å². The summed E-state index contributed by atoms with van der Waals surface area (Å²) in [7, 11) is -2.95. The van der Waals surface area contributed by atoms with Gasteiger partial charge >= 0.3 is 5.97 Å². The van der Waals surface area contributed by atoms with Crippen LogP contribution < -0.4 is 10.4 Å². The molecule has 0 aliphatic carbocycles. The van der Waals surface area contributed by atoms with Crippen LogP contribution >= 0.6 is 0 Å². The molecule has 0 unspecified atom stereocenters. The lowest BCUT2D eigenvalue weighted by molar-refractivity contribution is -0.303. The summed E-state index contributed by atoms with van der Waals surface area (Å²) in [5.74, 6) is -0.491. The predicted octanol–water partition coefficient (Wildman–Crippen LogP) is 5.34. The average Bonchev–Trinajstić information content (AvgIpc) is 2.96. The molecule has 2 N–H and O–H groups in total. The van der Waals surface area contributed by atoms with E-state index in [4.69, 9.17) is 18.6 Å². The van der Waals surface area contributed by atoms with Crippen LogP contribution in [0, 0.1) is 5.41 Å². The Morgan fingerprint density at radius 1 is 0.814 bits per heavy atom. The summed E-state index contributed by atoms with van der Waals surface area (Å²) >= 11 is 0. The number of carbonyl (C=O) groups is 1. The Balaban J connectivity index is 1.91. The molecule has 240 valence electrons. The van der Waals surface area contributed by atoms with Crippen LogP contribution in [0.2, 0.25) is 5.04 Å². The molecule has 2 aromatic carbocycles. The number of ether oxygens (including phenoxy) is 3. The van der Waals surface area contributed by atoms with Gasteiger partial charge in [-0.25, -0.2) is 0 Å². The first kappa shape index (κ1) is 35.4. The van der Waals surface area contributed by atoms with Crippen molar-refractivity contribution in [3.8, 4) is 0 Å². The number of unbranched alkanes of at least 4 members (excludes halogenated alkanes) is 5. The van der Waals surface area contributed by atoms with E-state index in [2.05, 4.69) is 52.0 Å². The van der Waals surface area contributed by atoms with Gasteiger partial charge in [0.25, 0.3) is 8.32 Å². The van der Waals surface area contributed by atoms with E-state index in [1.165, 1.54) is 19.3 Å². The average molecular weight is 615 g/mol. The molecule has 0 amide bonds. The van der Waals surface area contributed by atoms with Crippen LogP contribution in [0.4, 0.5) is 0 Å². The highest BCUT2D eigenvalue weighted by atomic mass is 28.4. The maximum absolute atomic E-state index is 13.0. The molecule has 0 radical (unpaired) electrons. The third kappa shape index (κ3) is 8.99. The van der Waals surface area contributed by atoms with Gasteiger partial charge in [-0.3, -0.25) is 4.79 Å². The third-order valence-corrected chi connectivity index (χ3v) is 13.2. The highest BCUT2D eigenvalue weighted by Crippen LogP contribution is 2.38. The van der Waals surface area contributed by atoms with Crippen LogP contribution in [0.3, 0.4) is 0 Å². The highest BCUT2D eigenvalue weighted by Gasteiger charge is 2.53. The summed E-state index contributed by atoms with van der Waals surface area (Å²) in [4.78, 5) is 13.0. The first-order chi connectivity index (χ1) is 20.3. The topological polar surface area (TPSA) is 94.5 Å². The van der Waals surface area contributed by atoms with Crippen LogP contribution in [0.15, 0.2) is 60.7 Å². The molecule has 7 nitrogen and oxygen atoms in total. The van der Waals surface area contributed by atoms with Crippen LogP contribution in [-0.4, -0.2) is 68.4 Å². The van der Waals surface area contributed by atoms with Gasteiger partial charge in [0.15, 0.2) is 12.4 Å². The summed E-state index contributed by atoms with van der Waals surface area (Å²) in [6.45, 7) is 14.4. The summed E-state index contributed by atoms with van der Waals surface area (Å²) < 4.78 is 25.2. The smallest absolute Gasteiger partial charge is 0.311 e. The second-order valence-electron chi connectivity index (χ2n) is 13.8. The van der Waals surface area contributed by atoms with Gasteiger partial charge in [0, 0.05) is 6.61 Å². The highest BCUT2D eigenvalue weighted by molar-refractivity contribution is 6.99. The Labute approximate surface area is 260 Å². The summed E-state index contributed by atoms with van der Waals surface area (Å²) in [5, 5.41) is 24.2. The molecule has 5 atom stereocenters. The molecular formula is C35H54O7Si. The first-order valence-corrected chi connectivity index (χ1v) is 17.8. The maximum Gasteiger partial charge on any atom is 0.311 e. The molecular weight excluding hydrogens is 560 g/mol. The van der Waals surface area contributed by atoms with E-state index in [0.29, 0.717) is 6.61 Å². The van der Waals surface area contributed by atoms with Crippen LogP contribution in [0.5, 0.6) is 0 Å². The minimum atomic E-state index is -2.95. The summed E-state index contributed by atoms with van der Waals surface area (Å²) in [6.07, 6.45) is 0.763. The SMILES string of the molecule is CCCCCCCCO[C@@H]1O[C@H](CO[Si](c2ccccc2)(c2ccccc2)C(C)(C)C)[C@@H](OC(=O)C(C)(C)C)[C@H](O)[C@H]1O. The van der Waals surface area contributed by atoms with Crippen LogP contribution in [-0.2, 0) is 23.4 Å². The van der Waals surface area contributed by atoms with Gasteiger partial charge in [-0.2, -0.15) is 0 Å². The molecule has 1 aliphatic rings. The van der Waals surface area contributed by atoms with Gasteiger partial charge in [-0.15, -0.1) is 0 Å². The van der Waals surface area contributed by atoms with Crippen LogP contribution in [0.25, 0.3) is 0 Å². The lowest BCUT2D eigenvalue weighted by Crippen LogP contribution is -2.68. The Morgan fingerprint density at radius 2 is 1.35 bits per heavy atom. The van der Waals surface area contributed by atoms with Crippen molar-refractivity contribution < 1.29 is 33.6 Å². The molecule has 1 aliphatic heterocycles. The largest absolute Gasteiger partial charge is 0.456 e. The number of rotatable bonds is 14. The quantitative estimate of drug-likeness (QED) is 0.168. The number of hydrogen-bond acceptors (Lipinski definition) is 7. The van der Waals surface area contributed by atoms with Crippen molar-refractivity contribution in [2.24, 2.45) is 5.41 Å². The Kier molecular flexibility index (Phi) is 13.0. The monoisotopic (exact) mass is 614 g/mol. The summed E-state index contributed by atoms with van der Waals surface area (Å²) in [6, 6.07) is 20.5. The fraction of sp³-hybridized carbons (Fsp3) is 0.629. The molecule has 1 saturated heterocycles. The molecule has 0 saturated carbocycles. The molecule has 1 fully saturated rings. The molecule has 8 heteroatoms. The van der Waals surface area contributed by atoms with Gasteiger partial charge in [-0.1, -0.05) is 120 Å². The molecule has 3 rings (SSSR count). The van der Waals surface area contributed by atoms with Gasteiger partial charge in [-0.05, 0) is 42.6 Å². The zero-order valence-electron chi connectivity index (χ0n) is 27.3. The Hall–Kier alpha value is -2.07. The van der Waals surface area contributed by atoms with Crippen molar-refractivity contribution in [2.75, 3.05) is 13.2 Å². The lowest BCUT2D eigenvalue weighted by atomic mass is 9.95. The molecule has 0 bridgehead atoms. The molecule has 2 aromatic rings.